The summed E-state index contributed by atoms with van der Waals surface area (Å²) in [6.45, 7) is 3.90. The second kappa shape index (κ2) is 7.13. The first-order valence-corrected chi connectivity index (χ1v) is 7.55. The van der Waals surface area contributed by atoms with E-state index in [1.54, 1.807) is 19.1 Å². The molecule has 5 nitrogen and oxygen atoms in total. The van der Waals surface area contributed by atoms with E-state index in [9.17, 15) is 14.0 Å². The summed E-state index contributed by atoms with van der Waals surface area (Å²) in [7, 11) is 0. The Labute approximate surface area is 131 Å². The Kier molecular flexibility index (Phi) is 5.21. The molecule has 0 fully saturated rings. The van der Waals surface area contributed by atoms with Crippen molar-refractivity contribution in [3.05, 3.63) is 40.7 Å². The highest BCUT2D eigenvalue weighted by Crippen LogP contribution is 2.27. The van der Waals surface area contributed by atoms with Gasteiger partial charge >= 0.3 is 0 Å². The molecule has 0 saturated heterocycles. The number of rotatable bonds is 5. The van der Waals surface area contributed by atoms with Gasteiger partial charge < -0.3 is 10.6 Å². The zero-order valence-corrected chi connectivity index (χ0v) is 13.1. The van der Waals surface area contributed by atoms with Gasteiger partial charge in [-0.2, -0.15) is 0 Å². The lowest BCUT2D eigenvalue weighted by atomic mass is 10.2. The number of hydrogen-bond acceptors (Lipinski definition) is 4. The van der Waals surface area contributed by atoms with Crippen molar-refractivity contribution in [1.82, 2.24) is 15.6 Å². The summed E-state index contributed by atoms with van der Waals surface area (Å²) >= 11 is 1.26. The molecule has 0 bridgehead atoms. The number of nitrogens with zero attached hydrogens (tertiary/aromatic N) is 1. The van der Waals surface area contributed by atoms with Crippen LogP contribution in [0.1, 0.15) is 22.3 Å². The van der Waals surface area contributed by atoms with E-state index < -0.39 is 0 Å². The van der Waals surface area contributed by atoms with Crippen molar-refractivity contribution >= 4 is 23.2 Å². The maximum atomic E-state index is 12.9. The van der Waals surface area contributed by atoms with E-state index in [2.05, 4.69) is 15.6 Å². The average molecular weight is 321 g/mol. The van der Waals surface area contributed by atoms with Crippen LogP contribution in [0.2, 0.25) is 0 Å². The fourth-order valence-corrected chi connectivity index (χ4v) is 2.81. The minimum atomic E-state index is -0.312. The zero-order chi connectivity index (χ0) is 16.1. The lowest BCUT2D eigenvalue weighted by Gasteiger charge is -2.04. The highest BCUT2D eigenvalue weighted by Gasteiger charge is 2.15. The molecule has 2 rings (SSSR count). The highest BCUT2D eigenvalue weighted by atomic mass is 32.1. The largest absolute Gasteiger partial charge is 0.355 e. The molecule has 1 aromatic carbocycles. The zero-order valence-electron chi connectivity index (χ0n) is 12.3. The molecular formula is C15H16FN3O2S. The fourth-order valence-electron chi connectivity index (χ4n) is 1.82. The summed E-state index contributed by atoms with van der Waals surface area (Å²) in [4.78, 5) is 27.7. The lowest BCUT2D eigenvalue weighted by molar-refractivity contribution is -0.118. The van der Waals surface area contributed by atoms with Crippen LogP contribution >= 0.6 is 11.3 Å². The van der Waals surface area contributed by atoms with Gasteiger partial charge in [-0.25, -0.2) is 9.37 Å². The average Bonchev–Trinajstić information content (AvgIpc) is 2.86. The molecule has 2 amide bonds. The number of carbonyl (C=O) groups excluding carboxylic acids is 2. The summed E-state index contributed by atoms with van der Waals surface area (Å²) in [5.41, 5.74) is 1.40. The van der Waals surface area contributed by atoms with E-state index in [0.717, 1.165) is 5.56 Å². The van der Waals surface area contributed by atoms with Crippen molar-refractivity contribution < 1.29 is 14.0 Å². The van der Waals surface area contributed by atoms with Gasteiger partial charge in [0.2, 0.25) is 5.91 Å². The first-order valence-electron chi connectivity index (χ1n) is 6.73. The van der Waals surface area contributed by atoms with Gasteiger partial charge in [0.15, 0.2) is 0 Å². The van der Waals surface area contributed by atoms with Crippen LogP contribution < -0.4 is 10.6 Å². The molecule has 0 aliphatic carbocycles. The van der Waals surface area contributed by atoms with Gasteiger partial charge in [0.05, 0.1) is 5.69 Å². The normalized spacial score (nSPS) is 10.3. The third-order valence-electron chi connectivity index (χ3n) is 2.88. The number of halogens is 1. The smallest absolute Gasteiger partial charge is 0.263 e. The van der Waals surface area contributed by atoms with Gasteiger partial charge in [-0.3, -0.25) is 9.59 Å². The van der Waals surface area contributed by atoms with Crippen molar-refractivity contribution in [2.75, 3.05) is 13.1 Å². The van der Waals surface area contributed by atoms with Crippen LogP contribution in [0, 0.1) is 12.7 Å². The number of aromatic nitrogens is 1. The monoisotopic (exact) mass is 321 g/mol. The third kappa shape index (κ3) is 4.11. The van der Waals surface area contributed by atoms with Crippen LogP contribution in [-0.2, 0) is 4.79 Å². The maximum absolute atomic E-state index is 12.9. The molecule has 2 N–H and O–H groups in total. The number of thiazole rings is 1. The minimum Gasteiger partial charge on any atom is -0.355 e. The van der Waals surface area contributed by atoms with E-state index in [4.69, 9.17) is 0 Å². The number of carbonyl (C=O) groups is 2. The fraction of sp³-hybridized carbons (Fsp3) is 0.267. The Hall–Kier alpha value is -2.28. The van der Waals surface area contributed by atoms with Gasteiger partial charge in [-0.15, -0.1) is 11.3 Å². The molecule has 0 unspecified atom stereocenters. The molecule has 0 aliphatic heterocycles. The molecule has 0 atom stereocenters. The van der Waals surface area contributed by atoms with Gasteiger partial charge in [-0.05, 0) is 31.2 Å². The van der Waals surface area contributed by atoms with E-state index in [1.807, 2.05) is 0 Å². The van der Waals surface area contributed by atoms with Gasteiger partial charge in [0, 0.05) is 25.6 Å². The van der Waals surface area contributed by atoms with E-state index in [0.29, 0.717) is 28.7 Å². The minimum absolute atomic E-state index is 0.137. The molecule has 0 spiro atoms. The molecule has 22 heavy (non-hydrogen) atoms. The van der Waals surface area contributed by atoms with Crippen LogP contribution in [0.3, 0.4) is 0 Å². The number of nitrogens with one attached hydrogen (secondary N) is 2. The summed E-state index contributed by atoms with van der Waals surface area (Å²) < 4.78 is 12.9. The Balaban J connectivity index is 2.04. The molecule has 2 aromatic rings. The predicted molar refractivity (Wildman–Crippen MR) is 83.3 cm³/mol. The van der Waals surface area contributed by atoms with Gasteiger partial charge in [-0.1, -0.05) is 0 Å². The van der Waals surface area contributed by atoms with E-state index in [-0.39, 0.29) is 17.6 Å². The number of hydrogen-bond donors (Lipinski definition) is 2. The highest BCUT2D eigenvalue weighted by molar-refractivity contribution is 7.17. The van der Waals surface area contributed by atoms with Crippen LogP contribution in [0.15, 0.2) is 24.3 Å². The van der Waals surface area contributed by atoms with Crippen LogP contribution in [0.25, 0.3) is 10.6 Å². The van der Waals surface area contributed by atoms with Crippen molar-refractivity contribution in [2.24, 2.45) is 0 Å². The molecule has 0 radical (unpaired) electrons. The third-order valence-corrected chi connectivity index (χ3v) is 4.08. The first kappa shape index (κ1) is 16.1. The topological polar surface area (TPSA) is 71.1 Å². The first-order chi connectivity index (χ1) is 10.5. The molecule has 7 heteroatoms. The molecule has 1 aromatic heterocycles. The molecule has 1 heterocycles. The standard InChI is InChI=1S/C15H16FN3O2S/c1-9-13(14(21)18-8-7-17-10(2)20)22-15(19-9)11-3-5-12(16)6-4-11/h3-6H,7-8H2,1-2H3,(H,17,20)(H,18,21). The van der Waals surface area contributed by atoms with Crippen molar-refractivity contribution in [3.63, 3.8) is 0 Å². The van der Waals surface area contributed by atoms with Crippen molar-refractivity contribution in [2.45, 2.75) is 13.8 Å². The Morgan fingerprint density at radius 2 is 1.82 bits per heavy atom. The van der Waals surface area contributed by atoms with Crippen LogP contribution in [0.5, 0.6) is 0 Å². The maximum Gasteiger partial charge on any atom is 0.263 e. The van der Waals surface area contributed by atoms with Crippen LogP contribution in [-0.4, -0.2) is 29.9 Å². The number of benzene rings is 1. The van der Waals surface area contributed by atoms with Crippen molar-refractivity contribution in [1.29, 1.82) is 0 Å². The van der Waals surface area contributed by atoms with Gasteiger partial charge in [0.1, 0.15) is 15.7 Å². The summed E-state index contributed by atoms with van der Waals surface area (Å²) in [5, 5.41) is 6.00. The molecule has 0 saturated carbocycles. The summed E-state index contributed by atoms with van der Waals surface area (Å²) in [6, 6.07) is 5.98. The van der Waals surface area contributed by atoms with E-state index >= 15 is 0 Å². The van der Waals surface area contributed by atoms with Crippen molar-refractivity contribution in [3.8, 4) is 10.6 Å². The van der Waals surface area contributed by atoms with E-state index in [1.165, 1.54) is 30.4 Å². The second-order valence-corrected chi connectivity index (χ2v) is 5.68. The number of aryl methyl sites for hydroxylation is 1. The SMILES string of the molecule is CC(=O)NCCNC(=O)c1sc(-c2ccc(F)cc2)nc1C. The molecular weight excluding hydrogens is 305 g/mol. The van der Waals surface area contributed by atoms with Crippen LogP contribution in [0.4, 0.5) is 4.39 Å². The predicted octanol–water partition coefficient (Wildman–Crippen LogP) is 2.12. The Morgan fingerprint density at radius 1 is 1.18 bits per heavy atom. The quantitative estimate of drug-likeness (QED) is 0.829. The van der Waals surface area contributed by atoms with Gasteiger partial charge in [0.25, 0.3) is 5.91 Å². The molecule has 0 aliphatic rings. The lowest BCUT2D eigenvalue weighted by Crippen LogP contribution is -2.33. The number of amides is 2. The Morgan fingerprint density at radius 3 is 2.45 bits per heavy atom. The summed E-state index contributed by atoms with van der Waals surface area (Å²) in [5.74, 6) is -0.677. The Bertz CT molecular complexity index is 683. The summed E-state index contributed by atoms with van der Waals surface area (Å²) in [6.07, 6.45) is 0. The molecule has 116 valence electrons. The second-order valence-electron chi connectivity index (χ2n) is 4.68.